The highest BCUT2D eigenvalue weighted by atomic mass is 79.9. The largest absolute Gasteiger partial charge is 0.493 e. The second-order valence-corrected chi connectivity index (χ2v) is 6.38. The molecule has 2 rings (SSSR count). The molecule has 1 N–H and O–H groups in total. The summed E-state index contributed by atoms with van der Waals surface area (Å²) in [6.07, 6.45) is 1.88. The summed E-state index contributed by atoms with van der Waals surface area (Å²) in [7, 11) is 1.56. The highest BCUT2D eigenvalue weighted by molar-refractivity contribution is 9.10. The van der Waals surface area contributed by atoms with Gasteiger partial charge in [0.05, 0.1) is 18.7 Å². The molecule has 0 unspecified atom stereocenters. The van der Waals surface area contributed by atoms with Gasteiger partial charge in [0.25, 0.3) is 5.91 Å². The van der Waals surface area contributed by atoms with Gasteiger partial charge in [-0.25, -0.2) is 0 Å². The Morgan fingerprint density at radius 2 is 2.08 bits per heavy atom. The molecule has 0 fully saturated rings. The van der Waals surface area contributed by atoms with Gasteiger partial charge < -0.3 is 19.4 Å². The maximum absolute atomic E-state index is 12.4. The number of rotatable bonds is 7. The van der Waals surface area contributed by atoms with Crippen LogP contribution >= 0.6 is 27.5 Å². The van der Waals surface area contributed by atoms with Crippen LogP contribution in [0.5, 0.6) is 11.5 Å². The molecule has 0 aliphatic heterocycles. The van der Waals surface area contributed by atoms with E-state index in [0.717, 1.165) is 16.6 Å². The lowest BCUT2D eigenvalue weighted by molar-refractivity contribution is 0.0941. The number of nitrogens with one attached hydrogen (secondary N) is 1. The third-order valence-corrected chi connectivity index (χ3v) is 4.18. The van der Waals surface area contributed by atoms with Crippen molar-refractivity contribution in [2.45, 2.75) is 26.9 Å². The summed E-state index contributed by atoms with van der Waals surface area (Å²) < 4.78 is 13.6. The van der Waals surface area contributed by atoms with Gasteiger partial charge in [-0.15, -0.1) is 0 Å². The van der Waals surface area contributed by atoms with Crippen LogP contribution in [0.15, 0.2) is 28.9 Å². The zero-order valence-electron chi connectivity index (χ0n) is 13.9. The summed E-state index contributed by atoms with van der Waals surface area (Å²) in [5.41, 5.74) is 1.44. The molecule has 2 aromatic rings. The number of hydrogen-bond acceptors (Lipinski definition) is 3. The van der Waals surface area contributed by atoms with Gasteiger partial charge in [-0.2, -0.15) is 0 Å². The Morgan fingerprint density at radius 1 is 1.33 bits per heavy atom. The molecule has 130 valence electrons. The highest BCUT2D eigenvalue weighted by Crippen LogP contribution is 2.36. The van der Waals surface area contributed by atoms with E-state index in [4.69, 9.17) is 21.1 Å². The number of ether oxygens (including phenoxy) is 2. The Bertz CT molecular complexity index is 731. The van der Waals surface area contributed by atoms with E-state index in [-0.39, 0.29) is 5.91 Å². The first-order valence-corrected chi connectivity index (χ1v) is 8.80. The van der Waals surface area contributed by atoms with Crippen LogP contribution in [-0.4, -0.2) is 24.2 Å². The minimum Gasteiger partial charge on any atom is -0.493 e. The summed E-state index contributed by atoms with van der Waals surface area (Å²) in [4.78, 5) is 12.4. The number of carbonyl (C=O) groups excluding carboxylic acids is 1. The van der Waals surface area contributed by atoms with Gasteiger partial charge in [0, 0.05) is 23.8 Å². The van der Waals surface area contributed by atoms with Crippen LogP contribution in [-0.2, 0) is 13.1 Å². The molecule has 0 bridgehead atoms. The van der Waals surface area contributed by atoms with Crippen molar-refractivity contribution >= 4 is 33.4 Å². The van der Waals surface area contributed by atoms with Crippen LogP contribution in [0.1, 0.15) is 29.9 Å². The quantitative estimate of drug-likeness (QED) is 0.735. The van der Waals surface area contributed by atoms with E-state index in [9.17, 15) is 4.79 Å². The van der Waals surface area contributed by atoms with Crippen molar-refractivity contribution in [2.24, 2.45) is 0 Å². The molecule has 1 aromatic carbocycles. The van der Waals surface area contributed by atoms with E-state index in [1.165, 1.54) is 0 Å². The Morgan fingerprint density at radius 3 is 2.71 bits per heavy atom. The second kappa shape index (κ2) is 8.44. The third kappa shape index (κ3) is 4.24. The number of methoxy groups -OCH3 is 1. The van der Waals surface area contributed by atoms with Crippen LogP contribution < -0.4 is 14.8 Å². The number of aryl methyl sites for hydroxylation is 1. The lowest BCUT2D eigenvalue weighted by Crippen LogP contribution is -2.25. The minimum atomic E-state index is -0.147. The molecule has 1 aromatic heterocycles. The van der Waals surface area contributed by atoms with Crippen LogP contribution in [0.2, 0.25) is 5.02 Å². The lowest BCUT2D eigenvalue weighted by Gasteiger charge is -2.14. The number of nitrogens with zero attached hydrogens (tertiary/aromatic N) is 1. The van der Waals surface area contributed by atoms with E-state index in [1.807, 2.05) is 30.7 Å². The number of hydrogen-bond donors (Lipinski definition) is 1. The van der Waals surface area contributed by atoms with Gasteiger partial charge in [0.2, 0.25) is 0 Å². The summed E-state index contributed by atoms with van der Waals surface area (Å²) in [6, 6.07) is 5.38. The molecule has 0 saturated carbocycles. The zero-order valence-corrected chi connectivity index (χ0v) is 16.2. The van der Waals surface area contributed by atoms with Crippen molar-refractivity contribution in [3.05, 3.63) is 45.1 Å². The molecule has 0 aliphatic rings. The molecule has 7 heteroatoms. The summed E-state index contributed by atoms with van der Waals surface area (Å²) >= 11 is 9.64. The molecule has 24 heavy (non-hydrogen) atoms. The predicted molar refractivity (Wildman–Crippen MR) is 98.1 cm³/mol. The molecular weight excluding hydrogens is 396 g/mol. The molecule has 0 aliphatic carbocycles. The first kappa shape index (κ1) is 18.7. The standard InChI is InChI=1S/C17H20BrClN2O3/c1-4-21-10-12(18)8-14(21)17(22)20-9-11-6-13(19)16(24-5-2)15(7-11)23-3/h6-8,10H,4-5,9H2,1-3H3,(H,20,22). The molecule has 0 spiro atoms. The monoisotopic (exact) mass is 414 g/mol. The van der Waals surface area contributed by atoms with E-state index in [0.29, 0.717) is 35.4 Å². The molecule has 1 amide bonds. The zero-order chi connectivity index (χ0) is 17.7. The van der Waals surface area contributed by atoms with Crippen molar-refractivity contribution in [3.8, 4) is 11.5 Å². The first-order valence-electron chi connectivity index (χ1n) is 7.63. The smallest absolute Gasteiger partial charge is 0.268 e. The van der Waals surface area contributed by atoms with E-state index < -0.39 is 0 Å². The number of amides is 1. The van der Waals surface area contributed by atoms with Gasteiger partial charge in [0.15, 0.2) is 11.5 Å². The van der Waals surface area contributed by atoms with Gasteiger partial charge in [-0.1, -0.05) is 11.6 Å². The molecule has 1 heterocycles. The summed E-state index contributed by atoms with van der Waals surface area (Å²) in [5, 5.41) is 3.36. The first-order chi connectivity index (χ1) is 11.5. The van der Waals surface area contributed by atoms with Crippen LogP contribution in [0.25, 0.3) is 0 Å². The number of aromatic nitrogens is 1. The molecule has 5 nitrogen and oxygen atoms in total. The number of benzene rings is 1. The Balaban J connectivity index is 2.14. The van der Waals surface area contributed by atoms with Crippen LogP contribution in [0, 0.1) is 0 Å². The Kier molecular flexibility index (Phi) is 6.57. The fraction of sp³-hybridized carbons (Fsp3) is 0.353. The average Bonchev–Trinajstić information content (AvgIpc) is 2.95. The van der Waals surface area contributed by atoms with E-state index in [1.54, 1.807) is 19.2 Å². The van der Waals surface area contributed by atoms with Crippen molar-refractivity contribution in [1.82, 2.24) is 9.88 Å². The van der Waals surface area contributed by atoms with Crippen molar-refractivity contribution in [1.29, 1.82) is 0 Å². The fourth-order valence-corrected chi connectivity index (χ4v) is 3.11. The van der Waals surface area contributed by atoms with Crippen molar-refractivity contribution in [2.75, 3.05) is 13.7 Å². The SMILES string of the molecule is CCOc1c(Cl)cc(CNC(=O)c2cc(Br)cn2CC)cc1OC. The topological polar surface area (TPSA) is 52.5 Å². The highest BCUT2D eigenvalue weighted by Gasteiger charge is 2.14. The second-order valence-electron chi connectivity index (χ2n) is 5.05. The summed E-state index contributed by atoms with van der Waals surface area (Å²) in [5.74, 6) is 0.917. The maximum atomic E-state index is 12.4. The van der Waals surface area contributed by atoms with Gasteiger partial charge in [-0.3, -0.25) is 4.79 Å². The molecule has 0 saturated heterocycles. The number of carbonyl (C=O) groups is 1. The molecule has 0 atom stereocenters. The van der Waals surface area contributed by atoms with E-state index in [2.05, 4.69) is 21.2 Å². The van der Waals surface area contributed by atoms with Crippen LogP contribution in [0.3, 0.4) is 0 Å². The van der Waals surface area contributed by atoms with Gasteiger partial charge >= 0.3 is 0 Å². The Labute approximate surface area is 155 Å². The molecular formula is C17H20BrClN2O3. The Hall–Kier alpha value is -1.66. The van der Waals surface area contributed by atoms with Crippen molar-refractivity contribution in [3.63, 3.8) is 0 Å². The van der Waals surface area contributed by atoms with Crippen LogP contribution in [0.4, 0.5) is 0 Å². The average molecular weight is 416 g/mol. The fourth-order valence-electron chi connectivity index (χ4n) is 2.36. The summed E-state index contributed by atoms with van der Waals surface area (Å²) in [6.45, 7) is 5.42. The predicted octanol–water partition coefficient (Wildman–Crippen LogP) is 4.26. The minimum absolute atomic E-state index is 0.147. The van der Waals surface area contributed by atoms with Gasteiger partial charge in [-0.05, 0) is 53.5 Å². The lowest BCUT2D eigenvalue weighted by atomic mass is 10.2. The van der Waals surface area contributed by atoms with Crippen molar-refractivity contribution < 1.29 is 14.3 Å². The normalized spacial score (nSPS) is 10.5. The van der Waals surface area contributed by atoms with Gasteiger partial charge in [0.1, 0.15) is 5.69 Å². The van der Waals surface area contributed by atoms with E-state index >= 15 is 0 Å². The third-order valence-electron chi connectivity index (χ3n) is 3.47. The molecule has 0 radical (unpaired) electrons. The number of halogens is 2. The maximum Gasteiger partial charge on any atom is 0.268 e.